The first-order valence-electron chi connectivity index (χ1n) is 9.95. The Balaban J connectivity index is 1.52. The molecule has 168 valence electrons. The molecule has 1 aromatic carbocycles. The average Bonchev–Trinajstić information content (AvgIpc) is 2.80. The van der Waals surface area contributed by atoms with Crippen LogP contribution in [0.15, 0.2) is 29.4 Å². The molecule has 2 heterocycles. The number of hydrogen-bond acceptors (Lipinski definition) is 8. The van der Waals surface area contributed by atoms with Crippen LogP contribution in [0.5, 0.6) is 11.5 Å². The van der Waals surface area contributed by atoms with Crippen molar-refractivity contribution in [2.45, 2.75) is 11.6 Å². The van der Waals surface area contributed by atoms with Crippen LogP contribution in [0.4, 0.5) is 5.82 Å². The second-order valence-electron chi connectivity index (χ2n) is 6.97. The van der Waals surface area contributed by atoms with E-state index in [0.29, 0.717) is 48.0 Å². The van der Waals surface area contributed by atoms with Crippen molar-refractivity contribution in [1.82, 2.24) is 14.9 Å². The number of carbonyl (C=O) groups is 1. The van der Waals surface area contributed by atoms with Gasteiger partial charge in [0.15, 0.2) is 16.7 Å². The number of thioether (sulfide) groups is 1. The Labute approximate surface area is 191 Å². The minimum absolute atomic E-state index is 0.00183. The highest BCUT2D eigenvalue weighted by atomic mass is 35.5. The Morgan fingerprint density at radius 1 is 1.19 bits per heavy atom. The van der Waals surface area contributed by atoms with Crippen molar-refractivity contribution < 1.29 is 19.0 Å². The van der Waals surface area contributed by atoms with E-state index >= 15 is 0 Å². The molecule has 0 unspecified atom stereocenters. The van der Waals surface area contributed by atoms with E-state index in [1.165, 1.54) is 11.8 Å². The van der Waals surface area contributed by atoms with Gasteiger partial charge in [-0.15, -0.1) is 0 Å². The van der Waals surface area contributed by atoms with Gasteiger partial charge in [-0.2, -0.15) is 0 Å². The van der Waals surface area contributed by atoms with Gasteiger partial charge < -0.3 is 24.0 Å². The Hall–Kier alpha value is -2.23. The van der Waals surface area contributed by atoms with Crippen LogP contribution in [-0.2, 0) is 16.0 Å². The number of halogens is 1. The molecule has 1 aliphatic heterocycles. The van der Waals surface area contributed by atoms with Gasteiger partial charge in [0.1, 0.15) is 11.0 Å². The summed E-state index contributed by atoms with van der Waals surface area (Å²) in [7, 11) is 5.01. The van der Waals surface area contributed by atoms with Crippen LogP contribution in [0.1, 0.15) is 5.56 Å². The van der Waals surface area contributed by atoms with Gasteiger partial charge in [0.05, 0.1) is 33.2 Å². The molecule has 10 heteroatoms. The molecule has 0 atom stereocenters. The fourth-order valence-corrected chi connectivity index (χ4v) is 4.12. The molecule has 31 heavy (non-hydrogen) atoms. The SMILES string of the molecule is COc1ccc(CCN(C)C(=O)CSc2nc(Cl)cc(N3CCOCC3)n2)cc1OC. The molecule has 2 aromatic rings. The Kier molecular flexibility index (Phi) is 8.62. The van der Waals surface area contributed by atoms with Crippen LogP contribution < -0.4 is 14.4 Å². The highest BCUT2D eigenvalue weighted by Gasteiger charge is 2.16. The summed E-state index contributed by atoms with van der Waals surface area (Å²) in [5.74, 6) is 2.37. The number of rotatable bonds is 9. The topological polar surface area (TPSA) is 77.0 Å². The molecule has 0 aliphatic carbocycles. The first-order chi connectivity index (χ1) is 15.0. The smallest absolute Gasteiger partial charge is 0.232 e. The number of likely N-dealkylation sites (N-methyl/N-ethyl adjacent to an activating group) is 1. The number of morpholine rings is 1. The number of benzene rings is 1. The first kappa shape index (κ1) is 23.4. The number of anilines is 1. The largest absolute Gasteiger partial charge is 0.493 e. The Bertz CT molecular complexity index is 896. The zero-order chi connectivity index (χ0) is 22.2. The minimum Gasteiger partial charge on any atom is -0.493 e. The number of hydrogen-bond donors (Lipinski definition) is 0. The van der Waals surface area contributed by atoms with Crippen LogP contribution in [0.25, 0.3) is 0 Å². The summed E-state index contributed by atoms with van der Waals surface area (Å²) < 4.78 is 16.0. The summed E-state index contributed by atoms with van der Waals surface area (Å²) in [4.78, 5) is 25.2. The predicted octanol–water partition coefficient (Wildman–Crippen LogP) is 2.78. The summed E-state index contributed by atoms with van der Waals surface area (Å²) in [6.07, 6.45) is 0.710. The second-order valence-corrected chi connectivity index (χ2v) is 8.30. The van der Waals surface area contributed by atoms with Crippen molar-refractivity contribution in [3.63, 3.8) is 0 Å². The maximum Gasteiger partial charge on any atom is 0.232 e. The highest BCUT2D eigenvalue weighted by molar-refractivity contribution is 7.99. The number of ether oxygens (including phenoxy) is 3. The lowest BCUT2D eigenvalue weighted by atomic mass is 10.1. The maximum atomic E-state index is 12.6. The first-order valence-corrected chi connectivity index (χ1v) is 11.3. The Morgan fingerprint density at radius 3 is 2.65 bits per heavy atom. The van der Waals surface area contributed by atoms with Crippen LogP contribution in [0, 0.1) is 0 Å². The lowest BCUT2D eigenvalue weighted by Crippen LogP contribution is -2.36. The predicted molar refractivity (Wildman–Crippen MR) is 122 cm³/mol. The van der Waals surface area contributed by atoms with Crippen LogP contribution in [0.3, 0.4) is 0 Å². The number of amides is 1. The third-order valence-electron chi connectivity index (χ3n) is 4.93. The van der Waals surface area contributed by atoms with E-state index in [9.17, 15) is 4.79 Å². The van der Waals surface area contributed by atoms with Gasteiger partial charge in [-0.05, 0) is 24.1 Å². The van der Waals surface area contributed by atoms with Gasteiger partial charge in [-0.25, -0.2) is 9.97 Å². The van der Waals surface area contributed by atoms with E-state index in [2.05, 4.69) is 14.9 Å². The summed E-state index contributed by atoms with van der Waals surface area (Å²) in [5.41, 5.74) is 1.07. The van der Waals surface area contributed by atoms with Gasteiger partial charge >= 0.3 is 0 Å². The van der Waals surface area contributed by atoms with Gasteiger partial charge in [0.2, 0.25) is 5.91 Å². The average molecular weight is 467 g/mol. The number of methoxy groups -OCH3 is 2. The lowest BCUT2D eigenvalue weighted by Gasteiger charge is -2.27. The third-order valence-corrected chi connectivity index (χ3v) is 5.96. The van der Waals surface area contributed by atoms with E-state index in [1.54, 1.807) is 32.2 Å². The van der Waals surface area contributed by atoms with Crippen LogP contribution >= 0.6 is 23.4 Å². The molecule has 0 N–H and O–H groups in total. The Morgan fingerprint density at radius 2 is 1.94 bits per heavy atom. The summed E-state index contributed by atoms with van der Waals surface area (Å²) in [6.45, 7) is 3.43. The van der Waals surface area contributed by atoms with E-state index in [-0.39, 0.29) is 11.7 Å². The lowest BCUT2D eigenvalue weighted by molar-refractivity contribution is -0.127. The van der Waals surface area contributed by atoms with Crippen LogP contribution in [-0.4, -0.2) is 80.6 Å². The quantitative estimate of drug-likeness (QED) is 0.317. The molecule has 0 spiro atoms. The molecule has 1 aromatic heterocycles. The molecular weight excluding hydrogens is 440 g/mol. The van der Waals surface area contributed by atoms with E-state index < -0.39 is 0 Å². The number of aromatic nitrogens is 2. The number of nitrogens with zero attached hydrogens (tertiary/aromatic N) is 4. The molecule has 1 fully saturated rings. The molecule has 3 rings (SSSR count). The zero-order valence-electron chi connectivity index (χ0n) is 18.0. The molecule has 1 aliphatic rings. The van der Waals surface area contributed by atoms with Crippen molar-refractivity contribution >= 4 is 35.1 Å². The summed E-state index contributed by atoms with van der Waals surface area (Å²) in [5, 5.41) is 0.865. The molecule has 1 saturated heterocycles. The minimum atomic E-state index is 0.00183. The standard InChI is InChI=1S/C21H27ClN4O4S/c1-25(7-6-15-4-5-16(28-2)17(12-15)29-3)20(27)14-31-21-23-18(22)13-19(24-21)26-8-10-30-11-9-26/h4-5,12-13H,6-11,14H2,1-3H3. The number of carbonyl (C=O) groups excluding carboxylic acids is 1. The van der Waals surface area contributed by atoms with Gasteiger partial charge in [0, 0.05) is 32.7 Å². The van der Waals surface area contributed by atoms with Gasteiger partial charge in [0.25, 0.3) is 0 Å². The fourth-order valence-electron chi connectivity index (χ4n) is 3.10. The van der Waals surface area contributed by atoms with E-state index in [1.807, 2.05) is 18.2 Å². The maximum absolute atomic E-state index is 12.6. The normalized spacial score (nSPS) is 13.7. The van der Waals surface area contributed by atoms with Crippen molar-refractivity contribution in [2.24, 2.45) is 0 Å². The van der Waals surface area contributed by atoms with Gasteiger partial charge in [-0.3, -0.25) is 4.79 Å². The fraction of sp³-hybridized carbons (Fsp3) is 0.476. The monoisotopic (exact) mass is 466 g/mol. The van der Waals surface area contributed by atoms with E-state index in [0.717, 1.165) is 24.5 Å². The molecule has 0 saturated carbocycles. The molecule has 1 amide bonds. The van der Waals surface area contributed by atoms with Crippen molar-refractivity contribution in [3.05, 3.63) is 35.0 Å². The van der Waals surface area contributed by atoms with Crippen molar-refractivity contribution in [2.75, 3.05) is 64.8 Å². The zero-order valence-corrected chi connectivity index (χ0v) is 19.5. The summed E-state index contributed by atoms with van der Waals surface area (Å²) in [6, 6.07) is 7.52. The summed E-state index contributed by atoms with van der Waals surface area (Å²) >= 11 is 7.46. The molecular formula is C21H27ClN4O4S. The highest BCUT2D eigenvalue weighted by Crippen LogP contribution is 2.28. The molecule has 0 radical (unpaired) electrons. The second kappa shape index (κ2) is 11.4. The van der Waals surface area contributed by atoms with E-state index in [4.69, 9.17) is 25.8 Å². The molecule has 0 bridgehead atoms. The van der Waals surface area contributed by atoms with Crippen molar-refractivity contribution in [1.29, 1.82) is 0 Å². The van der Waals surface area contributed by atoms with Gasteiger partial charge in [-0.1, -0.05) is 29.4 Å². The van der Waals surface area contributed by atoms with Crippen LogP contribution in [0.2, 0.25) is 5.15 Å². The van der Waals surface area contributed by atoms with Crippen molar-refractivity contribution in [3.8, 4) is 11.5 Å². The molecule has 8 nitrogen and oxygen atoms in total. The third kappa shape index (κ3) is 6.62.